The molecule has 1 saturated heterocycles. The minimum atomic E-state index is -0.466. The van der Waals surface area contributed by atoms with Crippen LogP contribution in [0.5, 0.6) is 5.75 Å². The Kier molecular flexibility index (Phi) is 5.10. The normalized spacial score (nSPS) is 23.8. The van der Waals surface area contributed by atoms with Crippen LogP contribution in [0.4, 0.5) is 5.82 Å². The highest BCUT2D eigenvalue weighted by Crippen LogP contribution is 2.30. The maximum Gasteiger partial charge on any atom is 0.229 e. The number of rotatable bonds is 3. The monoisotopic (exact) mass is 331 g/mol. The number of allylic oxidation sites excluding steroid dienone is 2. The standard InChI is InChI=1S/C17H21N3O4/c21-14-6-3-7-18-15(14)19-16(22)12-4-1-2-5-13(12)17(23)20-8-10-24-11-9-20/h1-3,6-7,12-13,21H,4-5,8-11H2,(H,18,19,22). The molecule has 2 N–H and O–H groups in total. The van der Waals surface area contributed by atoms with Crippen molar-refractivity contribution in [3.05, 3.63) is 30.5 Å². The smallest absolute Gasteiger partial charge is 0.229 e. The zero-order valence-corrected chi connectivity index (χ0v) is 13.4. The molecule has 2 heterocycles. The first-order chi connectivity index (χ1) is 11.7. The van der Waals surface area contributed by atoms with E-state index in [1.807, 2.05) is 12.2 Å². The fourth-order valence-corrected chi connectivity index (χ4v) is 3.10. The molecule has 1 aliphatic heterocycles. The third-order valence-corrected chi connectivity index (χ3v) is 4.44. The van der Waals surface area contributed by atoms with E-state index in [-0.39, 0.29) is 29.3 Å². The quantitative estimate of drug-likeness (QED) is 0.811. The Morgan fingerprint density at radius 1 is 1.21 bits per heavy atom. The van der Waals surface area contributed by atoms with Crippen LogP contribution in [0.3, 0.4) is 0 Å². The predicted molar refractivity (Wildman–Crippen MR) is 87.3 cm³/mol. The number of aromatic hydroxyl groups is 1. The number of anilines is 1. The summed E-state index contributed by atoms with van der Waals surface area (Å²) >= 11 is 0. The first-order valence-corrected chi connectivity index (χ1v) is 8.13. The Labute approximate surface area is 140 Å². The van der Waals surface area contributed by atoms with E-state index in [0.717, 1.165) is 0 Å². The van der Waals surface area contributed by atoms with Gasteiger partial charge in [-0.2, -0.15) is 0 Å². The summed E-state index contributed by atoms with van der Waals surface area (Å²) in [4.78, 5) is 31.1. The summed E-state index contributed by atoms with van der Waals surface area (Å²) in [6, 6.07) is 3.04. The van der Waals surface area contributed by atoms with Gasteiger partial charge in [0.15, 0.2) is 11.6 Å². The van der Waals surface area contributed by atoms with Crippen LogP contribution in [0, 0.1) is 11.8 Å². The fourth-order valence-electron chi connectivity index (χ4n) is 3.10. The van der Waals surface area contributed by atoms with Crippen LogP contribution < -0.4 is 5.32 Å². The molecule has 0 aromatic carbocycles. The predicted octanol–water partition coefficient (Wildman–Crippen LogP) is 1.17. The molecule has 1 aromatic rings. The molecular weight excluding hydrogens is 310 g/mol. The molecular formula is C17H21N3O4. The molecule has 1 aromatic heterocycles. The summed E-state index contributed by atoms with van der Waals surface area (Å²) in [5.74, 6) is -1.12. The van der Waals surface area contributed by atoms with Gasteiger partial charge in [0.05, 0.1) is 25.0 Å². The molecule has 2 aliphatic rings. The number of aromatic nitrogens is 1. The molecule has 3 rings (SSSR count). The van der Waals surface area contributed by atoms with Crippen molar-refractivity contribution in [3.8, 4) is 5.75 Å². The Morgan fingerprint density at radius 3 is 2.62 bits per heavy atom. The topological polar surface area (TPSA) is 91.8 Å². The number of nitrogens with one attached hydrogen (secondary N) is 1. The first-order valence-electron chi connectivity index (χ1n) is 8.13. The van der Waals surface area contributed by atoms with Crippen LogP contribution in [0.1, 0.15) is 12.8 Å². The van der Waals surface area contributed by atoms with E-state index in [4.69, 9.17) is 4.74 Å². The van der Waals surface area contributed by atoms with Gasteiger partial charge >= 0.3 is 0 Å². The summed E-state index contributed by atoms with van der Waals surface area (Å²) in [6.45, 7) is 2.20. The number of hydrogen-bond acceptors (Lipinski definition) is 5. The van der Waals surface area contributed by atoms with Crippen molar-refractivity contribution < 1.29 is 19.4 Å². The van der Waals surface area contributed by atoms with E-state index in [1.54, 1.807) is 11.0 Å². The van der Waals surface area contributed by atoms with Crippen LogP contribution in [0.15, 0.2) is 30.5 Å². The van der Waals surface area contributed by atoms with Gasteiger partial charge in [-0.3, -0.25) is 9.59 Å². The zero-order chi connectivity index (χ0) is 16.9. The maximum absolute atomic E-state index is 12.8. The Hall–Kier alpha value is -2.41. The number of carbonyl (C=O) groups excluding carboxylic acids is 2. The molecule has 1 fully saturated rings. The lowest BCUT2D eigenvalue weighted by molar-refractivity contribution is -0.144. The lowest BCUT2D eigenvalue weighted by atomic mass is 9.81. The van der Waals surface area contributed by atoms with Crippen LogP contribution in [-0.4, -0.2) is 53.1 Å². The highest BCUT2D eigenvalue weighted by Gasteiger charge is 2.37. The third kappa shape index (κ3) is 3.56. The first kappa shape index (κ1) is 16.4. The van der Waals surface area contributed by atoms with Crippen molar-refractivity contribution in [1.29, 1.82) is 0 Å². The zero-order valence-electron chi connectivity index (χ0n) is 13.4. The van der Waals surface area contributed by atoms with Crippen LogP contribution >= 0.6 is 0 Å². The minimum absolute atomic E-state index is 0.00644. The van der Waals surface area contributed by atoms with Crippen molar-refractivity contribution in [2.24, 2.45) is 11.8 Å². The van der Waals surface area contributed by atoms with E-state index in [9.17, 15) is 14.7 Å². The molecule has 24 heavy (non-hydrogen) atoms. The average molecular weight is 331 g/mol. The average Bonchev–Trinajstić information content (AvgIpc) is 2.63. The largest absolute Gasteiger partial charge is 0.504 e. The van der Waals surface area contributed by atoms with Gasteiger partial charge in [-0.25, -0.2) is 4.98 Å². The van der Waals surface area contributed by atoms with E-state index in [0.29, 0.717) is 39.1 Å². The molecule has 0 bridgehead atoms. The molecule has 0 spiro atoms. The SMILES string of the molecule is O=C(Nc1ncccc1O)C1CC=CCC1C(=O)N1CCOCC1. The second-order valence-electron chi connectivity index (χ2n) is 5.95. The number of carbonyl (C=O) groups is 2. The molecule has 2 unspecified atom stereocenters. The Bertz CT molecular complexity index is 640. The van der Waals surface area contributed by atoms with E-state index < -0.39 is 5.92 Å². The Balaban J connectivity index is 1.72. The van der Waals surface area contributed by atoms with E-state index in [1.165, 1.54) is 12.3 Å². The van der Waals surface area contributed by atoms with Gasteiger partial charge in [-0.1, -0.05) is 12.2 Å². The van der Waals surface area contributed by atoms with Gasteiger partial charge in [0, 0.05) is 19.3 Å². The number of amides is 2. The summed E-state index contributed by atoms with van der Waals surface area (Å²) in [6.07, 6.45) is 6.41. The van der Waals surface area contributed by atoms with Gasteiger partial charge in [-0.15, -0.1) is 0 Å². The van der Waals surface area contributed by atoms with Crippen molar-refractivity contribution in [2.75, 3.05) is 31.6 Å². The lowest BCUT2D eigenvalue weighted by Crippen LogP contribution is -2.47. The number of hydrogen-bond donors (Lipinski definition) is 2. The number of ether oxygens (including phenoxy) is 1. The second kappa shape index (κ2) is 7.44. The highest BCUT2D eigenvalue weighted by atomic mass is 16.5. The molecule has 2 amide bonds. The molecule has 1 aliphatic carbocycles. The van der Waals surface area contributed by atoms with E-state index >= 15 is 0 Å². The third-order valence-electron chi connectivity index (χ3n) is 4.44. The number of morpholine rings is 1. The van der Waals surface area contributed by atoms with Crippen molar-refractivity contribution >= 4 is 17.6 Å². The van der Waals surface area contributed by atoms with Crippen molar-refractivity contribution in [1.82, 2.24) is 9.88 Å². The molecule has 0 radical (unpaired) electrons. The highest BCUT2D eigenvalue weighted by molar-refractivity contribution is 5.96. The van der Waals surface area contributed by atoms with Crippen LogP contribution in [-0.2, 0) is 14.3 Å². The van der Waals surface area contributed by atoms with Crippen LogP contribution in [0.2, 0.25) is 0 Å². The van der Waals surface area contributed by atoms with Gasteiger partial charge < -0.3 is 20.1 Å². The summed E-state index contributed by atoms with van der Waals surface area (Å²) < 4.78 is 5.28. The summed E-state index contributed by atoms with van der Waals surface area (Å²) in [5.41, 5.74) is 0. The summed E-state index contributed by atoms with van der Waals surface area (Å²) in [7, 11) is 0. The van der Waals surface area contributed by atoms with Gasteiger partial charge in [0.1, 0.15) is 0 Å². The molecule has 7 heteroatoms. The molecule has 7 nitrogen and oxygen atoms in total. The van der Waals surface area contributed by atoms with Gasteiger partial charge in [0.25, 0.3) is 0 Å². The molecule has 128 valence electrons. The number of pyridine rings is 1. The van der Waals surface area contributed by atoms with Crippen molar-refractivity contribution in [2.45, 2.75) is 12.8 Å². The molecule has 0 saturated carbocycles. The van der Waals surface area contributed by atoms with Crippen LogP contribution in [0.25, 0.3) is 0 Å². The van der Waals surface area contributed by atoms with Crippen molar-refractivity contribution in [3.63, 3.8) is 0 Å². The maximum atomic E-state index is 12.8. The minimum Gasteiger partial charge on any atom is -0.504 e. The van der Waals surface area contributed by atoms with Gasteiger partial charge in [-0.05, 0) is 25.0 Å². The lowest BCUT2D eigenvalue weighted by Gasteiger charge is -2.34. The second-order valence-corrected chi connectivity index (χ2v) is 5.95. The molecule has 2 atom stereocenters. The van der Waals surface area contributed by atoms with E-state index in [2.05, 4.69) is 10.3 Å². The Morgan fingerprint density at radius 2 is 1.92 bits per heavy atom. The number of nitrogens with zero attached hydrogens (tertiary/aromatic N) is 2. The summed E-state index contributed by atoms with van der Waals surface area (Å²) in [5, 5.41) is 12.4. The fraction of sp³-hybridized carbons (Fsp3) is 0.471. The van der Waals surface area contributed by atoms with Gasteiger partial charge in [0.2, 0.25) is 11.8 Å².